The van der Waals surface area contributed by atoms with E-state index in [2.05, 4.69) is 4.72 Å². The van der Waals surface area contributed by atoms with Gasteiger partial charge in [0.25, 0.3) is 0 Å². The van der Waals surface area contributed by atoms with Gasteiger partial charge in [0.1, 0.15) is 0 Å². The van der Waals surface area contributed by atoms with Crippen LogP contribution < -0.4 is 4.72 Å². The zero-order valence-electron chi connectivity index (χ0n) is 10.8. The number of ether oxygens (including phenoxy) is 1. The average molecular weight is 307 g/mol. The van der Waals surface area contributed by atoms with Crippen LogP contribution in [-0.4, -0.2) is 32.4 Å². The molecule has 0 saturated carbocycles. The smallest absolute Gasteiger partial charge is 0.307 e. The van der Waals surface area contributed by atoms with E-state index in [0.29, 0.717) is 6.61 Å². The van der Waals surface area contributed by atoms with E-state index in [1.807, 2.05) is 11.4 Å². The second-order valence-corrected chi connectivity index (χ2v) is 7.04. The summed E-state index contributed by atoms with van der Waals surface area (Å²) in [6.07, 6.45) is 0. The van der Waals surface area contributed by atoms with Crippen LogP contribution in [0.1, 0.15) is 17.4 Å². The van der Waals surface area contributed by atoms with Gasteiger partial charge in [0, 0.05) is 18.5 Å². The number of hydrogen-bond acceptors (Lipinski definition) is 5. The van der Waals surface area contributed by atoms with Crippen LogP contribution in [-0.2, 0) is 32.7 Å². The predicted molar refractivity (Wildman–Crippen MR) is 72.5 cm³/mol. The summed E-state index contributed by atoms with van der Waals surface area (Å²) in [6, 6.07) is 1.86. The second-order valence-electron chi connectivity index (χ2n) is 4.20. The van der Waals surface area contributed by atoms with Gasteiger partial charge in [-0.25, -0.2) is 13.1 Å². The molecule has 0 spiro atoms. The summed E-state index contributed by atoms with van der Waals surface area (Å²) < 4.78 is 30.7. The van der Waals surface area contributed by atoms with Crippen LogP contribution in [0.4, 0.5) is 0 Å². The van der Waals surface area contributed by atoms with Gasteiger partial charge < -0.3 is 9.84 Å². The highest BCUT2D eigenvalue weighted by Gasteiger charge is 2.20. The summed E-state index contributed by atoms with van der Waals surface area (Å²) in [5.74, 6) is -2.47. The van der Waals surface area contributed by atoms with E-state index in [-0.39, 0.29) is 6.54 Å². The fourth-order valence-corrected chi connectivity index (χ4v) is 3.60. The lowest BCUT2D eigenvalue weighted by molar-refractivity contribution is -0.140. The topological polar surface area (TPSA) is 92.7 Å². The van der Waals surface area contributed by atoms with Crippen LogP contribution in [0.15, 0.2) is 11.4 Å². The molecule has 1 unspecified atom stereocenters. The molecular formula is C11H17NO5S2. The van der Waals surface area contributed by atoms with Crippen LogP contribution in [0, 0.1) is 5.92 Å². The zero-order valence-corrected chi connectivity index (χ0v) is 12.4. The van der Waals surface area contributed by atoms with Crippen molar-refractivity contribution >= 4 is 27.3 Å². The van der Waals surface area contributed by atoms with Gasteiger partial charge in [-0.15, -0.1) is 11.3 Å². The van der Waals surface area contributed by atoms with Crippen LogP contribution in [0.25, 0.3) is 0 Å². The number of carboxylic acids is 1. The number of sulfonamides is 1. The molecule has 2 N–H and O–H groups in total. The fourth-order valence-electron chi connectivity index (χ4n) is 1.40. The van der Waals surface area contributed by atoms with Crippen molar-refractivity contribution in [2.24, 2.45) is 5.92 Å². The van der Waals surface area contributed by atoms with Gasteiger partial charge in [-0.3, -0.25) is 4.79 Å². The Morgan fingerprint density at radius 2 is 2.26 bits per heavy atom. The second kappa shape index (κ2) is 6.99. The van der Waals surface area contributed by atoms with Crippen molar-refractivity contribution in [1.29, 1.82) is 0 Å². The summed E-state index contributed by atoms with van der Waals surface area (Å²) in [5.41, 5.74) is 0.987. The van der Waals surface area contributed by atoms with E-state index in [1.165, 1.54) is 18.3 Å². The van der Waals surface area contributed by atoms with Gasteiger partial charge in [0.15, 0.2) is 0 Å². The highest BCUT2D eigenvalue weighted by Crippen LogP contribution is 2.15. The largest absolute Gasteiger partial charge is 0.481 e. The first-order valence-corrected chi connectivity index (χ1v) is 8.12. The first kappa shape index (κ1) is 16.1. The molecule has 1 rings (SSSR count). The van der Waals surface area contributed by atoms with E-state index in [0.717, 1.165) is 10.4 Å². The summed E-state index contributed by atoms with van der Waals surface area (Å²) >= 11 is 1.43. The zero-order chi connectivity index (χ0) is 14.5. The number of carbonyl (C=O) groups is 1. The van der Waals surface area contributed by atoms with E-state index >= 15 is 0 Å². The molecule has 0 bridgehead atoms. The third kappa shape index (κ3) is 5.68. The molecule has 0 radical (unpaired) electrons. The maximum atomic E-state index is 11.7. The molecule has 8 heteroatoms. The molecule has 0 aliphatic rings. The van der Waals surface area contributed by atoms with E-state index in [4.69, 9.17) is 9.84 Å². The van der Waals surface area contributed by atoms with E-state index < -0.39 is 27.7 Å². The Morgan fingerprint density at radius 3 is 2.84 bits per heavy atom. The molecule has 6 nitrogen and oxygen atoms in total. The fraction of sp³-hybridized carbons (Fsp3) is 0.545. The monoisotopic (exact) mass is 307 g/mol. The van der Waals surface area contributed by atoms with Gasteiger partial charge in [-0.1, -0.05) is 6.92 Å². The quantitative estimate of drug-likeness (QED) is 0.748. The SMILES string of the molecule is COCc1csc(CNS(=O)(=O)CC(C)C(=O)O)c1. The maximum absolute atomic E-state index is 11.7. The van der Waals surface area contributed by atoms with Crippen LogP contribution in [0.5, 0.6) is 0 Å². The van der Waals surface area contributed by atoms with Crippen molar-refractivity contribution in [2.75, 3.05) is 12.9 Å². The Bertz CT molecular complexity index is 523. The maximum Gasteiger partial charge on any atom is 0.307 e. The third-order valence-electron chi connectivity index (χ3n) is 2.38. The molecule has 0 aromatic carbocycles. The summed E-state index contributed by atoms with van der Waals surface area (Å²) in [5, 5.41) is 10.6. The number of thiophene rings is 1. The molecule has 0 aliphatic carbocycles. The Balaban J connectivity index is 2.52. The molecule has 1 atom stereocenters. The number of nitrogens with one attached hydrogen (secondary N) is 1. The molecule has 1 heterocycles. The van der Waals surface area contributed by atoms with Gasteiger partial charge in [-0.05, 0) is 17.0 Å². The molecule has 1 aromatic rings. The van der Waals surface area contributed by atoms with Gasteiger partial charge in [0.2, 0.25) is 10.0 Å². The lowest BCUT2D eigenvalue weighted by Crippen LogP contribution is -2.31. The van der Waals surface area contributed by atoms with Crippen LogP contribution >= 0.6 is 11.3 Å². The predicted octanol–water partition coefficient (Wildman–Crippen LogP) is 1.03. The Morgan fingerprint density at radius 1 is 1.58 bits per heavy atom. The first-order valence-electron chi connectivity index (χ1n) is 5.59. The minimum absolute atomic E-state index is 0.170. The van der Waals surface area contributed by atoms with Crippen molar-refractivity contribution in [3.05, 3.63) is 21.9 Å². The Kier molecular flexibility index (Phi) is 5.92. The standard InChI is InChI=1S/C11H17NO5S2/c1-8(11(13)14)7-19(15,16)12-4-10-3-9(5-17-2)6-18-10/h3,6,8,12H,4-5,7H2,1-2H3,(H,13,14). The summed E-state index contributed by atoms with van der Waals surface area (Å²) in [7, 11) is -1.99. The minimum Gasteiger partial charge on any atom is -0.481 e. The summed E-state index contributed by atoms with van der Waals surface area (Å²) in [6.45, 7) is 2.02. The lowest BCUT2D eigenvalue weighted by atomic mass is 10.2. The van der Waals surface area contributed by atoms with Crippen molar-refractivity contribution in [3.63, 3.8) is 0 Å². The Labute approximate surface area is 116 Å². The van der Waals surface area contributed by atoms with Crippen LogP contribution in [0.2, 0.25) is 0 Å². The lowest BCUT2D eigenvalue weighted by Gasteiger charge is -2.08. The number of methoxy groups -OCH3 is 1. The summed E-state index contributed by atoms with van der Waals surface area (Å²) in [4.78, 5) is 11.5. The highest BCUT2D eigenvalue weighted by molar-refractivity contribution is 7.89. The molecule has 1 aromatic heterocycles. The Hall–Kier alpha value is -0.960. The molecular weight excluding hydrogens is 290 g/mol. The van der Waals surface area contributed by atoms with Crippen molar-refractivity contribution in [2.45, 2.75) is 20.1 Å². The number of hydrogen-bond donors (Lipinski definition) is 2. The van der Waals surface area contributed by atoms with E-state index in [1.54, 1.807) is 7.11 Å². The normalized spacial score (nSPS) is 13.4. The first-order chi connectivity index (χ1) is 8.84. The molecule has 0 saturated heterocycles. The van der Waals surface area contributed by atoms with Crippen molar-refractivity contribution < 1.29 is 23.1 Å². The van der Waals surface area contributed by atoms with Crippen LogP contribution in [0.3, 0.4) is 0 Å². The number of rotatable bonds is 8. The molecule has 19 heavy (non-hydrogen) atoms. The molecule has 108 valence electrons. The van der Waals surface area contributed by atoms with Gasteiger partial charge >= 0.3 is 5.97 Å². The van der Waals surface area contributed by atoms with Gasteiger partial charge in [-0.2, -0.15) is 0 Å². The third-order valence-corrected chi connectivity index (χ3v) is 4.88. The average Bonchev–Trinajstić information content (AvgIpc) is 2.74. The molecule has 0 fully saturated rings. The minimum atomic E-state index is -3.58. The number of carboxylic acid groups (broad SMARTS) is 1. The van der Waals surface area contributed by atoms with E-state index in [9.17, 15) is 13.2 Å². The molecule has 0 amide bonds. The molecule has 0 aliphatic heterocycles. The highest BCUT2D eigenvalue weighted by atomic mass is 32.2. The number of aliphatic carboxylic acids is 1. The van der Waals surface area contributed by atoms with Gasteiger partial charge in [0.05, 0.1) is 18.3 Å². The van der Waals surface area contributed by atoms with Crippen molar-refractivity contribution in [1.82, 2.24) is 4.72 Å². The van der Waals surface area contributed by atoms with Crippen molar-refractivity contribution in [3.8, 4) is 0 Å².